The molecule has 1 amide bonds. The second-order valence-electron chi connectivity index (χ2n) is 9.05. The van der Waals surface area contributed by atoms with E-state index in [-0.39, 0.29) is 40.4 Å². The first-order chi connectivity index (χ1) is 18.0. The summed E-state index contributed by atoms with van der Waals surface area (Å²) in [7, 11) is 1.32. The number of terminal acetylenes is 1. The lowest BCUT2D eigenvalue weighted by Gasteiger charge is -2.48. The van der Waals surface area contributed by atoms with E-state index < -0.39 is 41.7 Å². The number of benzene rings is 1. The van der Waals surface area contributed by atoms with Crippen LogP contribution in [0.3, 0.4) is 0 Å². The monoisotopic (exact) mass is 532 g/mol. The van der Waals surface area contributed by atoms with Crippen molar-refractivity contribution >= 4 is 22.8 Å². The summed E-state index contributed by atoms with van der Waals surface area (Å²) in [6, 6.07) is 3.04. The second-order valence-corrected chi connectivity index (χ2v) is 9.05. The van der Waals surface area contributed by atoms with Gasteiger partial charge in [0, 0.05) is 11.5 Å². The number of fused-ring (bicyclic) bond motifs is 1. The molecule has 5 atom stereocenters. The summed E-state index contributed by atoms with van der Waals surface area (Å²) in [4.78, 5) is 34.3. The molecule has 1 fully saturated rings. The van der Waals surface area contributed by atoms with Crippen LogP contribution in [0, 0.1) is 25.2 Å². The molecule has 0 bridgehead atoms. The van der Waals surface area contributed by atoms with E-state index in [0.29, 0.717) is 12.0 Å². The number of aliphatic hydroxyl groups is 1. The molecule has 2 aromatic rings. The number of ether oxygens (including phenoxy) is 3. The number of hydroxylamine groups is 1. The summed E-state index contributed by atoms with van der Waals surface area (Å²) in [5.74, 6) is 1.67. The lowest BCUT2D eigenvalue weighted by Crippen LogP contribution is -2.62. The van der Waals surface area contributed by atoms with Crippen molar-refractivity contribution in [1.82, 2.24) is 5.48 Å². The van der Waals surface area contributed by atoms with Crippen molar-refractivity contribution in [3.05, 3.63) is 33.7 Å². The molecule has 1 aromatic heterocycles. The number of aryl methyl sites for hydroxylation is 1. The Labute approximate surface area is 219 Å². The molecule has 12 nitrogen and oxygen atoms in total. The van der Waals surface area contributed by atoms with Crippen LogP contribution in [0.2, 0.25) is 0 Å². The first kappa shape index (κ1) is 28.8. The third-order valence-electron chi connectivity index (χ3n) is 6.79. The quantitative estimate of drug-likeness (QED) is 0.152. The average Bonchev–Trinajstić information content (AvgIpc) is 2.87. The number of amides is 1. The Morgan fingerprint density at radius 1 is 1.37 bits per heavy atom. The first-order valence-corrected chi connectivity index (χ1v) is 11.9. The van der Waals surface area contributed by atoms with Crippen molar-refractivity contribution in [3.8, 4) is 23.8 Å². The van der Waals surface area contributed by atoms with Gasteiger partial charge in [-0.1, -0.05) is 24.9 Å². The van der Waals surface area contributed by atoms with Crippen molar-refractivity contribution in [2.45, 2.75) is 65.1 Å². The number of rotatable bonds is 8. The zero-order valence-electron chi connectivity index (χ0n) is 22.1. The average molecular weight is 533 g/mol. The molecule has 12 heteroatoms. The van der Waals surface area contributed by atoms with Crippen LogP contribution in [0.15, 0.2) is 26.5 Å². The lowest BCUT2D eigenvalue weighted by atomic mass is 9.79. The highest BCUT2D eigenvalue weighted by Gasteiger charge is 2.52. The molecule has 0 aliphatic carbocycles. The van der Waals surface area contributed by atoms with E-state index in [2.05, 4.69) is 16.6 Å². The van der Waals surface area contributed by atoms with Gasteiger partial charge in [-0.25, -0.2) is 9.59 Å². The summed E-state index contributed by atoms with van der Waals surface area (Å²) in [6.07, 6.45) is 0.999. The number of oxime groups is 1. The van der Waals surface area contributed by atoms with Gasteiger partial charge >= 0.3 is 11.7 Å². The second kappa shape index (κ2) is 11.7. The topological polar surface area (TPSA) is 158 Å². The van der Waals surface area contributed by atoms with Gasteiger partial charge in [0.1, 0.15) is 42.5 Å². The molecule has 1 aromatic carbocycles. The highest BCUT2D eigenvalue weighted by atomic mass is 16.7. The number of carbonyl (C=O) groups is 1. The molecular weight excluding hydrogens is 500 g/mol. The van der Waals surface area contributed by atoms with E-state index in [9.17, 15) is 19.8 Å². The van der Waals surface area contributed by atoms with Crippen molar-refractivity contribution in [3.63, 3.8) is 0 Å². The van der Waals surface area contributed by atoms with E-state index >= 15 is 0 Å². The van der Waals surface area contributed by atoms with Crippen LogP contribution in [0.5, 0.6) is 11.5 Å². The van der Waals surface area contributed by atoms with Gasteiger partial charge in [0.15, 0.2) is 6.10 Å². The predicted molar refractivity (Wildman–Crippen MR) is 136 cm³/mol. The van der Waals surface area contributed by atoms with E-state index in [1.54, 1.807) is 13.8 Å². The summed E-state index contributed by atoms with van der Waals surface area (Å²) in [6.45, 7) is 8.46. The summed E-state index contributed by atoms with van der Waals surface area (Å²) in [5, 5.41) is 25.8. The van der Waals surface area contributed by atoms with Crippen LogP contribution in [0.1, 0.15) is 45.2 Å². The lowest BCUT2D eigenvalue weighted by molar-refractivity contribution is -0.290. The molecule has 3 rings (SSSR count). The molecule has 38 heavy (non-hydrogen) atoms. The number of nitrogens with zero attached hydrogens (tertiary/aromatic N) is 1. The maximum Gasteiger partial charge on any atom is 0.431 e. The van der Waals surface area contributed by atoms with Crippen LogP contribution < -0.4 is 15.8 Å². The normalized spacial score (nSPS) is 25.5. The third-order valence-corrected chi connectivity index (χ3v) is 6.79. The summed E-state index contributed by atoms with van der Waals surface area (Å²) < 4.78 is 23.1. The molecule has 0 saturated carbocycles. The Morgan fingerprint density at radius 3 is 2.71 bits per heavy atom. The van der Waals surface area contributed by atoms with E-state index in [1.807, 2.05) is 13.8 Å². The molecular formula is C26H32N2O10. The third kappa shape index (κ3) is 5.55. The Hall–Kier alpha value is -3.79. The van der Waals surface area contributed by atoms with Crippen molar-refractivity contribution in [1.29, 1.82) is 0 Å². The molecule has 2 heterocycles. The first-order valence-electron chi connectivity index (χ1n) is 11.9. The van der Waals surface area contributed by atoms with Crippen LogP contribution in [-0.2, 0) is 19.1 Å². The Morgan fingerprint density at radius 2 is 2.08 bits per heavy atom. The fraction of sp³-hybridized carbons (Fsp3) is 0.500. The Bertz CT molecular complexity index is 1310. The zero-order valence-corrected chi connectivity index (χ0v) is 22.1. The van der Waals surface area contributed by atoms with E-state index in [4.69, 9.17) is 34.7 Å². The molecule has 1 aliphatic rings. The van der Waals surface area contributed by atoms with E-state index in [1.165, 1.54) is 26.2 Å². The Kier molecular flexibility index (Phi) is 8.88. The minimum absolute atomic E-state index is 0.0775. The molecule has 1 unspecified atom stereocenters. The minimum Gasteiger partial charge on any atom is -0.506 e. The molecule has 1 aliphatic heterocycles. The van der Waals surface area contributed by atoms with Gasteiger partial charge < -0.3 is 33.7 Å². The van der Waals surface area contributed by atoms with Crippen molar-refractivity contribution in [2.75, 3.05) is 13.7 Å². The molecule has 1 saturated heterocycles. The van der Waals surface area contributed by atoms with Crippen LogP contribution in [0.25, 0.3) is 11.0 Å². The standard InChI is InChI=1S/C26H32N2O10/c1-8-12-34-28-25(32)37-22-14(4)26(6,9-2)38-24(20(22)30)35-17-11-10-16-19(29)18(15(5)27-33-7)23(31)36-21(16)13(17)3/h1,10-11,14,20,22,24,29-30H,9,12H2,2-7H3,(H,28,32)/b27-15-/t14-,20-,22-,24?,26+/m1/s1. The maximum absolute atomic E-state index is 12.6. The largest absolute Gasteiger partial charge is 0.506 e. The van der Waals surface area contributed by atoms with Crippen LogP contribution in [0.4, 0.5) is 4.79 Å². The van der Waals surface area contributed by atoms with Crippen molar-refractivity contribution in [2.24, 2.45) is 11.1 Å². The fourth-order valence-corrected chi connectivity index (χ4v) is 4.32. The predicted octanol–water partition coefficient (Wildman–Crippen LogP) is 2.74. The van der Waals surface area contributed by atoms with Gasteiger partial charge in [0.25, 0.3) is 0 Å². The summed E-state index contributed by atoms with van der Waals surface area (Å²) >= 11 is 0. The number of aliphatic hydroxyl groups excluding tert-OH is 1. The smallest absolute Gasteiger partial charge is 0.431 e. The number of hydrogen-bond donors (Lipinski definition) is 3. The number of hydrogen-bond acceptors (Lipinski definition) is 11. The SMILES string of the molecule is C#CCONC(=O)O[C@@H]1[C@@H](C)[C@](C)(CC)OC(Oc2ccc3c(O)c(/C(C)=N\OC)c(=O)oc3c2C)[C@@H]1O. The van der Waals surface area contributed by atoms with Gasteiger partial charge in [-0.15, -0.1) is 6.42 Å². The van der Waals surface area contributed by atoms with E-state index in [0.717, 1.165) is 0 Å². The van der Waals surface area contributed by atoms with Crippen molar-refractivity contribution < 1.29 is 43.3 Å². The number of aromatic hydroxyl groups is 1. The van der Waals surface area contributed by atoms with Gasteiger partial charge in [-0.3, -0.25) is 4.84 Å². The van der Waals surface area contributed by atoms with Gasteiger partial charge in [-0.05, 0) is 39.3 Å². The molecule has 206 valence electrons. The zero-order chi connectivity index (χ0) is 28.2. The molecule has 3 N–H and O–H groups in total. The van der Waals surface area contributed by atoms with Crippen LogP contribution in [-0.4, -0.2) is 59.8 Å². The van der Waals surface area contributed by atoms with Gasteiger partial charge in [0.2, 0.25) is 6.29 Å². The Balaban J connectivity index is 1.95. The highest BCUT2D eigenvalue weighted by molar-refractivity contribution is 6.04. The molecule has 0 spiro atoms. The van der Waals surface area contributed by atoms with Gasteiger partial charge in [0.05, 0.1) is 16.7 Å². The summed E-state index contributed by atoms with van der Waals surface area (Å²) in [5.41, 5.74) is 0.870. The van der Waals surface area contributed by atoms with Gasteiger partial charge in [-0.2, -0.15) is 5.48 Å². The maximum atomic E-state index is 12.6. The van der Waals surface area contributed by atoms with Crippen LogP contribution >= 0.6 is 0 Å². The highest BCUT2D eigenvalue weighted by Crippen LogP contribution is 2.40. The fourth-order valence-electron chi connectivity index (χ4n) is 4.32. The minimum atomic E-state index is -1.39. The number of carbonyl (C=O) groups excluding carboxylic acids is 1. The molecule has 0 radical (unpaired) electrons. The number of nitrogens with one attached hydrogen (secondary N) is 1.